The predicted octanol–water partition coefficient (Wildman–Crippen LogP) is 4.64. The number of ketones is 1. The van der Waals surface area contributed by atoms with Gasteiger partial charge in [-0.25, -0.2) is 0 Å². The lowest BCUT2D eigenvalue weighted by molar-refractivity contribution is -0.124. The van der Waals surface area contributed by atoms with E-state index in [1.165, 1.54) is 11.3 Å². The first-order valence-corrected chi connectivity index (χ1v) is 17.0. The zero-order valence-corrected chi connectivity index (χ0v) is 28.2. The minimum Gasteiger partial charge on any atom is -0.457 e. The second-order valence-electron chi connectivity index (χ2n) is 13.0. The van der Waals surface area contributed by atoms with Crippen LogP contribution >= 0.6 is 11.3 Å². The maximum absolute atomic E-state index is 14.3. The number of anilines is 1. The van der Waals surface area contributed by atoms with Crippen molar-refractivity contribution in [3.05, 3.63) is 99.9 Å². The van der Waals surface area contributed by atoms with E-state index in [4.69, 9.17) is 21.9 Å². The van der Waals surface area contributed by atoms with Gasteiger partial charge in [-0.2, -0.15) is 0 Å². The van der Waals surface area contributed by atoms with E-state index in [0.717, 1.165) is 18.4 Å². The molecule has 1 saturated carbocycles. The number of ether oxygens (including phenoxy) is 1. The normalized spacial score (nSPS) is 22.3. The molecule has 4 aromatic rings. The summed E-state index contributed by atoms with van der Waals surface area (Å²) in [4.78, 5) is 42.8. The molecule has 0 radical (unpaired) electrons. The van der Waals surface area contributed by atoms with Crippen LogP contribution in [0.25, 0.3) is 10.1 Å². The first-order chi connectivity index (χ1) is 23.0. The summed E-state index contributed by atoms with van der Waals surface area (Å²) in [6.45, 7) is 2.58. The van der Waals surface area contributed by atoms with E-state index in [-0.39, 0.29) is 23.9 Å². The fourth-order valence-corrected chi connectivity index (χ4v) is 8.05. The number of hydrogen-bond donors (Lipinski definition) is 5. The average Bonchev–Trinajstić information content (AvgIpc) is 3.47. The van der Waals surface area contributed by atoms with Gasteiger partial charge in [0.25, 0.3) is 5.91 Å². The van der Waals surface area contributed by atoms with Crippen molar-refractivity contribution in [1.82, 2.24) is 15.5 Å². The molecule has 11 heteroatoms. The summed E-state index contributed by atoms with van der Waals surface area (Å²) in [5.74, 6) is 0.513. The van der Waals surface area contributed by atoms with Crippen LogP contribution in [-0.4, -0.2) is 55.2 Å². The molecular weight excluding hydrogens is 625 g/mol. The Balaban J connectivity index is 1.24. The number of likely N-dealkylation sites (N-methyl/N-ethyl adjacent to an activating group) is 1. The van der Waals surface area contributed by atoms with Gasteiger partial charge in [0.15, 0.2) is 5.78 Å². The van der Waals surface area contributed by atoms with Gasteiger partial charge in [-0.3, -0.25) is 14.4 Å². The van der Waals surface area contributed by atoms with E-state index in [9.17, 15) is 14.4 Å². The number of thiophene rings is 1. The average molecular weight is 667 g/mol. The summed E-state index contributed by atoms with van der Waals surface area (Å²) >= 11 is 1.24. The number of amides is 2. The third kappa shape index (κ3) is 6.34. The van der Waals surface area contributed by atoms with Crippen molar-refractivity contribution in [1.29, 1.82) is 0 Å². The van der Waals surface area contributed by atoms with E-state index in [0.29, 0.717) is 68.2 Å². The lowest BCUT2D eigenvalue weighted by atomic mass is 9.69. The fraction of sp³-hybridized carbons (Fsp3) is 0.324. The number of aryl methyl sites for hydroxylation is 1. The molecule has 1 heterocycles. The number of nitrogens with two attached hydrogens (primary N) is 3. The molecule has 48 heavy (non-hydrogen) atoms. The van der Waals surface area contributed by atoms with Crippen LogP contribution in [0.2, 0.25) is 0 Å². The monoisotopic (exact) mass is 666 g/mol. The molecule has 0 saturated heterocycles. The van der Waals surface area contributed by atoms with E-state index >= 15 is 0 Å². The number of rotatable bonds is 9. The molecule has 1 aromatic heterocycles. The molecule has 2 atom stereocenters. The molecule has 1 fully saturated rings. The summed E-state index contributed by atoms with van der Waals surface area (Å²) < 4.78 is 6.70. The number of nitrogens with one attached hydrogen (secondary N) is 2. The Morgan fingerprint density at radius 2 is 1.65 bits per heavy atom. The molecule has 3 aromatic carbocycles. The lowest BCUT2D eigenvalue weighted by Gasteiger charge is -2.37. The number of benzene rings is 3. The van der Waals surface area contributed by atoms with Crippen LogP contribution in [0.3, 0.4) is 0 Å². The number of nitrogen functional groups attached to an aromatic ring is 1. The molecule has 2 amide bonds. The molecule has 8 N–H and O–H groups in total. The summed E-state index contributed by atoms with van der Waals surface area (Å²) in [5.41, 5.74) is 21.6. The van der Waals surface area contributed by atoms with Gasteiger partial charge in [0, 0.05) is 41.3 Å². The van der Waals surface area contributed by atoms with Crippen molar-refractivity contribution in [2.45, 2.75) is 56.3 Å². The van der Waals surface area contributed by atoms with Gasteiger partial charge in [0.1, 0.15) is 17.0 Å². The van der Waals surface area contributed by atoms with Crippen molar-refractivity contribution < 1.29 is 19.1 Å². The lowest BCUT2D eigenvalue weighted by Crippen LogP contribution is -2.53. The summed E-state index contributed by atoms with van der Waals surface area (Å²) in [5, 5.41) is 6.89. The minimum absolute atomic E-state index is 0.0497. The van der Waals surface area contributed by atoms with Gasteiger partial charge in [-0.1, -0.05) is 36.4 Å². The topological polar surface area (TPSA) is 166 Å². The highest BCUT2D eigenvalue weighted by Gasteiger charge is 2.49. The van der Waals surface area contributed by atoms with Gasteiger partial charge in [0.2, 0.25) is 5.91 Å². The van der Waals surface area contributed by atoms with Crippen LogP contribution in [0.15, 0.2) is 72.8 Å². The molecule has 2 aliphatic rings. The van der Waals surface area contributed by atoms with Crippen molar-refractivity contribution in [2.75, 3.05) is 26.4 Å². The van der Waals surface area contributed by atoms with Crippen molar-refractivity contribution in [2.24, 2.45) is 11.5 Å². The molecule has 250 valence electrons. The largest absolute Gasteiger partial charge is 0.457 e. The fourth-order valence-electron chi connectivity index (χ4n) is 6.85. The maximum atomic E-state index is 14.3. The Morgan fingerprint density at radius 3 is 2.31 bits per heavy atom. The van der Waals surface area contributed by atoms with Crippen molar-refractivity contribution >= 4 is 44.7 Å². The molecule has 2 unspecified atom stereocenters. The summed E-state index contributed by atoms with van der Waals surface area (Å²) in [7, 11) is 3.89. The zero-order chi connectivity index (χ0) is 34.2. The minimum atomic E-state index is -1.56. The Kier molecular flexibility index (Phi) is 9.39. The van der Waals surface area contributed by atoms with Crippen molar-refractivity contribution in [3.63, 3.8) is 0 Å². The second-order valence-corrected chi connectivity index (χ2v) is 14.0. The molecule has 6 rings (SSSR count). The van der Waals surface area contributed by atoms with Gasteiger partial charge in [-0.15, -0.1) is 11.3 Å². The number of Topliss-reactive ketones (excluding diaryl/α,β-unsaturated/α-hetero) is 1. The van der Waals surface area contributed by atoms with Gasteiger partial charge in [0.05, 0.1) is 15.6 Å². The SMILES string of the molecule is Cc1cc(Oc2ccccc2)ccc1C1(N)C(=O)C(N)c2c(C(=O)NC3CCC(NC(=O)/C=C/CN(C)C)CC3)sc3c(N)ccc1c23. The number of carbonyl (C=O) groups excluding carboxylic acids is 3. The Bertz CT molecular complexity index is 1900. The van der Waals surface area contributed by atoms with Crippen LogP contribution in [0.4, 0.5) is 5.69 Å². The Morgan fingerprint density at radius 1 is 0.979 bits per heavy atom. The quantitative estimate of drug-likeness (QED) is 0.127. The van der Waals surface area contributed by atoms with Crippen LogP contribution in [-0.2, 0) is 15.1 Å². The van der Waals surface area contributed by atoms with Gasteiger partial charge in [-0.05, 0) is 93.7 Å². The zero-order valence-electron chi connectivity index (χ0n) is 27.4. The number of para-hydroxylation sites is 1. The van der Waals surface area contributed by atoms with Crippen molar-refractivity contribution in [3.8, 4) is 11.5 Å². The van der Waals surface area contributed by atoms with Crippen LogP contribution < -0.4 is 32.6 Å². The summed E-state index contributed by atoms with van der Waals surface area (Å²) in [6.07, 6.45) is 6.32. The smallest absolute Gasteiger partial charge is 0.261 e. The number of hydrogen-bond acceptors (Lipinski definition) is 9. The van der Waals surface area contributed by atoms with Gasteiger partial charge >= 0.3 is 0 Å². The molecule has 0 spiro atoms. The highest BCUT2D eigenvalue weighted by molar-refractivity contribution is 7.21. The first-order valence-electron chi connectivity index (χ1n) is 16.2. The third-order valence-electron chi connectivity index (χ3n) is 9.27. The standard InChI is InChI=1S/C37H42N6O4S/c1-21-20-25(47-24-8-5-4-6-9-24)15-16-26(21)37(40)27-17-18-28(38)33-30(27)31(32(39)35(37)45)34(48-33)36(46)42-23-13-11-22(12-14-23)41-29(44)10-7-19-43(2)3/h4-10,15-18,20,22-23,32H,11-14,19,38-40H2,1-3H3,(H,41,44)(H,42,46)/b10-7+. The Hall–Kier alpha value is -4.55. The molecule has 2 aliphatic carbocycles. The third-order valence-corrected chi connectivity index (χ3v) is 10.5. The van der Waals surface area contributed by atoms with Crippen LogP contribution in [0.1, 0.15) is 63.7 Å². The molecular formula is C37H42N6O4S. The maximum Gasteiger partial charge on any atom is 0.261 e. The van der Waals surface area contributed by atoms with E-state index in [2.05, 4.69) is 10.6 Å². The number of nitrogens with zero attached hydrogens (tertiary/aromatic N) is 1. The van der Waals surface area contributed by atoms with E-state index in [1.807, 2.05) is 74.5 Å². The number of carbonyl (C=O) groups is 3. The highest BCUT2D eigenvalue weighted by Crippen LogP contribution is 2.50. The van der Waals surface area contributed by atoms with Crippen LogP contribution in [0, 0.1) is 6.92 Å². The van der Waals surface area contributed by atoms with E-state index in [1.54, 1.807) is 24.3 Å². The molecule has 0 bridgehead atoms. The highest BCUT2D eigenvalue weighted by atomic mass is 32.1. The second kappa shape index (κ2) is 13.5. The van der Waals surface area contributed by atoms with Crippen LogP contribution in [0.5, 0.6) is 11.5 Å². The Labute approximate surface area is 284 Å². The summed E-state index contributed by atoms with van der Waals surface area (Å²) in [6, 6.07) is 17.2. The molecule has 0 aliphatic heterocycles. The van der Waals surface area contributed by atoms with Gasteiger partial charge < -0.3 is 37.5 Å². The first kappa shape index (κ1) is 33.4. The molecule has 10 nitrogen and oxygen atoms in total. The predicted molar refractivity (Wildman–Crippen MR) is 190 cm³/mol. The van der Waals surface area contributed by atoms with E-state index < -0.39 is 17.4 Å².